The summed E-state index contributed by atoms with van der Waals surface area (Å²) in [5, 5.41) is 22.4. The molecular weight excluding hydrogens is 246 g/mol. The van der Waals surface area contributed by atoms with E-state index in [1.807, 2.05) is 13.8 Å². The molecule has 0 amide bonds. The highest BCUT2D eigenvalue weighted by Gasteiger charge is 2.20. The van der Waals surface area contributed by atoms with Crippen LogP contribution in [-0.2, 0) is 4.79 Å². The number of rotatable bonds is 6. The van der Waals surface area contributed by atoms with Gasteiger partial charge in [-0.25, -0.2) is 4.98 Å². The third kappa shape index (κ3) is 3.99. The van der Waals surface area contributed by atoms with Gasteiger partial charge in [0.25, 0.3) is 0 Å². The summed E-state index contributed by atoms with van der Waals surface area (Å²) in [7, 11) is 0. The Balaban J connectivity index is 2.71. The summed E-state index contributed by atoms with van der Waals surface area (Å²) in [5.74, 6) is -0.823. The fourth-order valence-electron chi connectivity index (χ4n) is 1.22. The Morgan fingerprint density at radius 1 is 1.71 bits per heavy atom. The number of nitro groups is 1. The number of nitrogens with one attached hydrogen (secondary N) is 1. The Hall–Kier alpha value is -1.70. The molecule has 0 aromatic carbocycles. The van der Waals surface area contributed by atoms with Gasteiger partial charge in [-0.15, -0.1) is 0 Å². The summed E-state index contributed by atoms with van der Waals surface area (Å²) in [6.45, 7) is 3.76. The van der Waals surface area contributed by atoms with Crippen molar-refractivity contribution in [2.24, 2.45) is 5.92 Å². The summed E-state index contributed by atoms with van der Waals surface area (Å²) in [6, 6.07) is -0.293. The highest BCUT2D eigenvalue weighted by Crippen LogP contribution is 2.26. The number of carboxylic acids is 1. The number of aliphatic carboxylic acids is 1. The Labute approximate surface area is 102 Å². The molecule has 0 saturated heterocycles. The third-order valence-electron chi connectivity index (χ3n) is 2.18. The van der Waals surface area contributed by atoms with Gasteiger partial charge in [0.05, 0.1) is 11.3 Å². The summed E-state index contributed by atoms with van der Waals surface area (Å²) < 4.78 is 0. The molecule has 1 heterocycles. The van der Waals surface area contributed by atoms with Gasteiger partial charge in [0.1, 0.15) is 6.20 Å². The molecule has 0 aliphatic rings. The molecule has 0 aliphatic carbocycles. The van der Waals surface area contributed by atoms with Crippen molar-refractivity contribution in [3.63, 3.8) is 0 Å². The molecule has 17 heavy (non-hydrogen) atoms. The molecule has 0 spiro atoms. The lowest BCUT2D eigenvalue weighted by Gasteiger charge is -2.19. The molecule has 0 bridgehead atoms. The topological polar surface area (TPSA) is 105 Å². The number of carboxylic acid groups (broad SMARTS) is 1. The molecule has 1 atom stereocenters. The van der Waals surface area contributed by atoms with E-state index >= 15 is 0 Å². The highest BCUT2D eigenvalue weighted by molar-refractivity contribution is 7.18. The van der Waals surface area contributed by atoms with E-state index in [1.54, 1.807) is 0 Å². The smallest absolute Gasteiger partial charge is 0.345 e. The first-order valence-electron chi connectivity index (χ1n) is 4.98. The van der Waals surface area contributed by atoms with Crippen molar-refractivity contribution in [1.82, 2.24) is 4.98 Å². The van der Waals surface area contributed by atoms with E-state index in [-0.39, 0.29) is 23.4 Å². The lowest BCUT2D eigenvalue weighted by atomic mass is 10.0. The normalized spacial score (nSPS) is 12.4. The quantitative estimate of drug-likeness (QED) is 0.597. The average Bonchev–Trinajstić information content (AvgIpc) is 2.64. The van der Waals surface area contributed by atoms with Crippen molar-refractivity contribution in [2.45, 2.75) is 26.3 Å². The zero-order chi connectivity index (χ0) is 13.0. The lowest BCUT2D eigenvalue weighted by Crippen LogP contribution is -2.28. The SMILES string of the molecule is CC(C)C(CC(=O)O)Nc1ncc([N+](=O)[O-])s1. The van der Waals surface area contributed by atoms with Crippen LogP contribution in [0.3, 0.4) is 0 Å². The van der Waals surface area contributed by atoms with Gasteiger partial charge in [0, 0.05) is 6.04 Å². The van der Waals surface area contributed by atoms with Crippen LogP contribution in [0.4, 0.5) is 10.1 Å². The number of anilines is 1. The van der Waals surface area contributed by atoms with E-state index in [0.717, 1.165) is 17.5 Å². The first-order valence-corrected chi connectivity index (χ1v) is 5.80. The van der Waals surface area contributed by atoms with Gasteiger partial charge in [0.2, 0.25) is 0 Å². The van der Waals surface area contributed by atoms with Gasteiger partial charge in [-0.1, -0.05) is 13.8 Å². The zero-order valence-corrected chi connectivity index (χ0v) is 10.2. The number of hydrogen-bond donors (Lipinski definition) is 2. The Morgan fingerprint density at radius 3 is 2.76 bits per heavy atom. The Morgan fingerprint density at radius 2 is 2.35 bits per heavy atom. The van der Waals surface area contributed by atoms with Crippen LogP contribution >= 0.6 is 11.3 Å². The predicted molar refractivity (Wildman–Crippen MR) is 63.3 cm³/mol. The molecule has 1 aromatic rings. The molecule has 0 fully saturated rings. The number of aromatic nitrogens is 1. The van der Waals surface area contributed by atoms with E-state index in [4.69, 9.17) is 5.11 Å². The molecule has 1 unspecified atom stereocenters. The molecule has 0 saturated carbocycles. The van der Waals surface area contributed by atoms with Crippen LogP contribution in [-0.4, -0.2) is 27.0 Å². The Bertz CT molecular complexity index is 418. The predicted octanol–water partition coefficient (Wildman–Crippen LogP) is 1.96. The summed E-state index contributed by atoms with van der Waals surface area (Å²) in [4.78, 5) is 24.4. The van der Waals surface area contributed by atoms with Crippen LogP contribution < -0.4 is 5.32 Å². The largest absolute Gasteiger partial charge is 0.481 e. The molecule has 2 N–H and O–H groups in total. The van der Waals surface area contributed by atoms with Crippen molar-refractivity contribution in [2.75, 3.05) is 5.32 Å². The van der Waals surface area contributed by atoms with E-state index in [1.165, 1.54) is 0 Å². The fraction of sp³-hybridized carbons (Fsp3) is 0.556. The van der Waals surface area contributed by atoms with Gasteiger partial charge in [0.15, 0.2) is 5.13 Å². The lowest BCUT2D eigenvalue weighted by molar-refractivity contribution is -0.380. The second kappa shape index (κ2) is 5.58. The molecule has 1 aromatic heterocycles. The summed E-state index contributed by atoms with van der Waals surface area (Å²) >= 11 is 0.900. The Kier molecular flexibility index (Phi) is 4.38. The number of thiazole rings is 1. The van der Waals surface area contributed by atoms with Crippen LogP contribution in [0.25, 0.3) is 0 Å². The number of hydrogen-bond acceptors (Lipinski definition) is 6. The number of nitrogens with zero attached hydrogens (tertiary/aromatic N) is 2. The van der Waals surface area contributed by atoms with Crippen LogP contribution in [0.5, 0.6) is 0 Å². The van der Waals surface area contributed by atoms with Crippen molar-refractivity contribution in [1.29, 1.82) is 0 Å². The maximum Gasteiger partial charge on any atom is 0.345 e. The van der Waals surface area contributed by atoms with Crippen LogP contribution in [0, 0.1) is 16.0 Å². The molecule has 8 heteroatoms. The molecular formula is C9H13N3O4S. The molecule has 94 valence electrons. The van der Waals surface area contributed by atoms with Crippen LogP contribution in [0.15, 0.2) is 6.20 Å². The first kappa shape index (κ1) is 13.4. The van der Waals surface area contributed by atoms with Crippen molar-refractivity contribution in [3.8, 4) is 0 Å². The fourth-order valence-corrected chi connectivity index (χ4v) is 1.91. The zero-order valence-electron chi connectivity index (χ0n) is 9.41. The average molecular weight is 259 g/mol. The van der Waals surface area contributed by atoms with E-state index in [9.17, 15) is 14.9 Å². The standard InChI is InChI=1S/C9H13N3O4S/c1-5(2)6(3-8(13)14)11-9-10-4-7(17-9)12(15)16/h4-6H,3H2,1-2H3,(H,10,11)(H,13,14). The molecule has 7 nitrogen and oxygen atoms in total. The minimum absolute atomic E-state index is 0.0506. The minimum atomic E-state index is -0.915. The minimum Gasteiger partial charge on any atom is -0.481 e. The number of carbonyl (C=O) groups is 1. The summed E-state index contributed by atoms with van der Waals surface area (Å²) in [6.07, 6.45) is 1.11. The second-order valence-electron chi connectivity index (χ2n) is 3.85. The van der Waals surface area contributed by atoms with Crippen LogP contribution in [0.1, 0.15) is 20.3 Å². The van der Waals surface area contributed by atoms with Crippen molar-refractivity contribution < 1.29 is 14.8 Å². The van der Waals surface area contributed by atoms with E-state index in [2.05, 4.69) is 10.3 Å². The van der Waals surface area contributed by atoms with Gasteiger partial charge in [-0.05, 0) is 17.3 Å². The van der Waals surface area contributed by atoms with E-state index < -0.39 is 10.9 Å². The maximum absolute atomic E-state index is 10.7. The molecule has 0 radical (unpaired) electrons. The second-order valence-corrected chi connectivity index (χ2v) is 4.86. The van der Waals surface area contributed by atoms with Gasteiger partial charge in [-0.2, -0.15) is 0 Å². The van der Waals surface area contributed by atoms with Gasteiger partial charge < -0.3 is 10.4 Å². The monoisotopic (exact) mass is 259 g/mol. The maximum atomic E-state index is 10.7. The van der Waals surface area contributed by atoms with Crippen molar-refractivity contribution >= 4 is 27.4 Å². The van der Waals surface area contributed by atoms with Crippen LogP contribution in [0.2, 0.25) is 0 Å². The highest BCUT2D eigenvalue weighted by atomic mass is 32.1. The van der Waals surface area contributed by atoms with Gasteiger partial charge >= 0.3 is 11.0 Å². The first-order chi connectivity index (χ1) is 7.90. The van der Waals surface area contributed by atoms with E-state index in [0.29, 0.717) is 5.13 Å². The molecule has 0 aliphatic heterocycles. The third-order valence-corrected chi connectivity index (χ3v) is 3.06. The van der Waals surface area contributed by atoms with Crippen molar-refractivity contribution in [3.05, 3.63) is 16.3 Å². The molecule has 1 rings (SSSR count). The summed E-state index contributed by atoms with van der Waals surface area (Å²) in [5.41, 5.74) is 0. The van der Waals surface area contributed by atoms with Gasteiger partial charge in [-0.3, -0.25) is 14.9 Å².